The van der Waals surface area contributed by atoms with E-state index in [1.54, 1.807) is 18.4 Å². The molecule has 0 bridgehead atoms. The molecule has 2 unspecified atom stereocenters. The van der Waals surface area contributed by atoms with Crippen molar-refractivity contribution in [3.63, 3.8) is 0 Å². The summed E-state index contributed by atoms with van der Waals surface area (Å²) in [5, 5.41) is 4.64. The van der Waals surface area contributed by atoms with Crippen molar-refractivity contribution in [3.05, 3.63) is 42.5 Å². The van der Waals surface area contributed by atoms with Gasteiger partial charge in [0.15, 0.2) is 16.6 Å². The first kappa shape index (κ1) is 19.5. The van der Waals surface area contributed by atoms with Crippen LogP contribution in [0.5, 0.6) is 17.2 Å². The van der Waals surface area contributed by atoms with Crippen molar-refractivity contribution in [2.24, 2.45) is 5.92 Å². The summed E-state index contributed by atoms with van der Waals surface area (Å²) < 4.78 is 18.9. The Kier molecular flexibility index (Phi) is 5.39. The molecule has 2 aromatic carbocycles. The maximum atomic E-state index is 6.34. The number of hydrogen-bond acceptors (Lipinski definition) is 7. The number of nitrogens with one attached hydrogen (secondary N) is 1. The first-order chi connectivity index (χ1) is 14.7. The predicted molar refractivity (Wildman–Crippen MR) is 120 cm³/mol. The average molecular weight is 426 g/mol. The van der Waals surface area contributed by atoms with Crippen LogP contribution in [0.2, 0.25) is 0 Å². The lowest BCUT2D eigenvalue weighted by Crippen LogP contribution is -2.53. The molecule has 2 atom stereocenters. The van der Waals surface area contributed by atoms with Gasteiger partial charge in [0.05, 0.1) is 23.4 Å². The summed E-state index contributed by atoms with van der Waals surface area (Å²) in [5.41, 5.74) is 1.09. The number of likely N-dealkylation sites (N-methyl/N-ethyl adjacent to an activating group) is 1. The Bertz CT molecular complexity index is 983. The van der Waals surface area contributed by atoms with Crippen molar-refractivity contribution in [1.82, 2.24) is 10.3 Å². The number of aromatic nitrogens is 1. The van der Waals surface area contributed by atoms with Crippen LogP contribution in [0.1, 0.15) is 12.8 Å². The van der Waals surface area contributed by atoms with Crippen LogP contribution in [-0.4, -0.2) is 51.0 Å². The molecule has 7 heteroatoms. The molecule has 2 aliphatic rings. The Hall–Kier alpha value is -2.51. The molecule has 1 saturated heterocycles. The third-order valence-corrected chi connectivity index (χ3v) is 7.26. The zero-order chi connectivity index (χ0) is 20.5. The molecular formula is C23H27N3O3S. The first-order valence-corrected chi connectivity index (χ1v) is 11.3. The van der Waals surface area contributed by atoms with E-state index in [0.29, 0.717) is 12.5 Å². The molecule has 1 aromatic heterocycles. The van der Waals surface area contributed by atoms with E-state index < -0.39 is 0 Å². The number of fused-ring (bicyclic) bond motifs is 2. The summed E-state index contributed by atoms with van der Waals surface area (Å²) >= 11 is 1.79. The van der Waals surface area contributed by atoms with Crippen LogP contribution in [0.25, 0.3) is 10.2 Å². The van der Waals surface area contributed by atoms with Crippen LogP contribution in [0.3, 0.4) is 0 Å². The topological polar surface area (TPSA) is 55.9 Å². The minimum atomic E-state index is -0.0198. The molecule has 3 aromatic rings. The minimum absolute atomic E-state index is 0.0198. The van der Waals surface area contributed by atoms with Gasteiger partial charge in [0, 0.05) is 19.2 Å². The normalized spacial score (nSPS) is 20.3. The molecule has 6 nitrogen and oxygen atoms in total. The SMILES string of the molecule is CNC(C1CCN(c2nc3ccccc3s2)CC1)C1COc2ccc(OC)cc2O1. The maximum Gasteiger partial charge on any atom is 0.186 e. The van der Waals surface area contributed by atoms with E-state index in [1.165, 1.54) is 4.70 Å². The van der Waals surface area contributed by atoms with Crippen molar-refractivity contribution >= 4 is 26.7 Å². The summed E-state index contributed by atoms with van der Waals surface area (Å²) in [6.07, 6.45) is 2.19. The van der Waals surface area contributed by atoms with Gasteiger partial charge in [-0.2, -0.15) is 0 Å². The quantitative estimate of drug-likeness (QED) is 0.668. The number of nitrogens with zero attached hydrogens (tertiary/aromatic N) is 2. The average Bonchev–Trinajstić information content (AvgIpc) is 3.24. The smallest absolute Gasteiger partial charge is 0.186 e. The second-order valence-electron chi connectivity index (χ2n) is 7.88. The van der Waals surface area contributed by atoms with E-state index in [0.717, 1.165) is 53.8 Å². The van der Waals surface area contributed by atoms with E-state index in [-0.39, 0.29) is 12.1 Å². The Morgan fingerprint density at radius 2 is 2.00 bits per heavy atom. The van der Waals surface area contributed by atoms with Crippen LogP contribution in [0.15, 0.2) is 42.5 Å². The van der Waals surface area contributed by atoms with Crippen molar-refractivity contribution in [2.75, 3.05) is 38.8 Å². The second-order valence-corrected chi connectivity index (χ2v) is 8.89. The van der Waals surface area contributed by atoms with Gasteiger partial charge in [-0.15, -0.1) is 0 Å². The van der Waals surface area contributed by atoms with Gasteiger partial charge in [0.25, 0.3) is 0 Å². The van der Waals surface area contributed by atoms with Gasteiger partial charge >= 0.3 is 0 Å². The van der Waals surface area contributed by atoms with Crippen LogP contribution in [0, 0.1) is 5.92 Å². The molecule has 1 N–H and O–H groups in total. The van der Waals surface area contributed by atoms with Crippen molar-refractivity contribution in [1.29, 1.82) is 0 Å². The summed E-state index contributed by atoms with van der Waals surface area (Å²) in [6.45, 7) is 2.59. The molecule has 0 radical (unpaired) electrons. The minimum Gasteiger partial charge on any atom is -0.497 e. The zero-order valence-electron chi connectivity index (χ0n) is 17.3. The molecule has 0 spiro atoms. The van der Waals surface area contributed by atoms with Gasteiger partial charge in [-0.05, 0) is 50.1 Å². The van der Waals surface area contributed by atoms with E-state index in [4.69, 9.17) is 19.2 Å². The third kappa shape index (κ3) is 3.68. The molecule has 1 fully saturated rings. The highest BCUT2D eigenvalue weighted by Gasteiger charge is 2.36. The molecule has 30 heavy (non-hydrogen) atoms. The van der Waals surface area contributed by atoms with Gasteiger partial charge in [0.1, 0.15) is 18.5 Å². The Labute approximate surface area is 180 Å². The predicted octanol–water partition coefficient (Wildman–Crippen LogP) is 3.95. The third-order valence-electron chi connectivity index (χ3n) is 6.17. The number of benzene rings is 2. The van der Waals surface area contributed by atoms with E-state index >= 15 is 0 Å². The number of para-hydroxylation sites is 1. The largest absolute Gasteiger partial charge is 0.497 e. The lowest BCUT2D eigenvalue weighted by molar-refractivity contribution is 0.0414. The number of anilines is 1. The number of thiazole rings is 1. The number of piperidine rings is 1. The summed E-state index contributed by atoms with van der Waals surface area (Å²) in [4.78, 5) is 7.25. The van der Waals surface area contributed by atoms with Crippen molar-refractivity contribution in [2.45, 2.75) is 25.0 Å². The Balaban J connectivity index is 1.25. The molecule has 2 aliphatic heterocycles. The van der Waals surface area contributed by atoms with Gasteiger partial charge < -0.3 is 24.4 Å². The fraction of sp³-hybridized carbons (Fsp3) is 0.435. The number of hydrogen-bond donors (Lipinski definition) is 1. The standard InChI is InChI=1S/C23H27N3O3S/c1-24-22(20-14-28-18-8-7-16(27-2)13-19(18)29-20)15-9-11-26(12-10-15)23-25-17-5-3-4-6-21(17)30-23/h3-8,13,15,20,22,24H,9-12,14H2,1-2H3. The number of rotatable bonds is 5. The second kappa shape index (κ2) is 8.32. The molecule has 0 amide bonds. The lowest BCUT2D eigenvalue weighted by Gasteiger charge is -2.40. The molecule has 5 rings (SSSR count). The lowest BCUT2D eigenvalue weighted by atomic mass is 9.86. The van der Waals surface area contributed by atoms with Crippen LogP contribution >= 0.6 is 11.3 Å². The Morgan fingerprint density at radius 1 is 1.17 bits per heavy atom. The van der Waals surface area contributed by atoms with Crippen LogP contribution in [0.4, 0.5) is 5.13 Å². The fourth-order valence-electron chi connectivity index (χ4n) is 4.54. The summed E-state index contributed by atoms with van der Waals surface area (Å²) in [7, 11) is 3.69. The Morgan fingerprint density at radius 3 is 2.77 bits per heavy atom. The number of methoxy groups -OCH3 is 1. The van der Waals surface area contributed by atoms with Crippen molar-refractivity contribution in [3.8, 4) is 17.2 Å². The molecule has 158 valence electrons. The molecule has 0 saturated carbocycles. The van der Waals surface area contributed by atoms with Crippen LogP contribution in [-0.2, 0) is 0 Å². The van der Waals surface area contributed by atoms with Crippen LogP contribution < -0.4 is 24.4 Å². The fourth-order valence-corrected chi connectivity index (χ4v) is 5.56. The van der Waals surface area contributed by atoms with Gasteiger partial charge in [-0.25, -0.2) is 4.98 Å². The summed E-state index contributed by atoms with van der Waals surface area (Å²) in [5.74, 6) is 2.86. The highest BCUT2D eigenvalue weighted by Crippen LogP contribution is 2.38. The van der Waals surface area contributed by atoms with E-state index in [9.17, 15) is 0 Å². The molecular weight excluding hydrogens is 398 g/mol. The highest BCUT2D eigenvalue weighted by atomic mass is 32.1. The summed E-state index contributed by atoms with van der Waals surface area (Å²) in [6, 6.07) is 14.3. The highest BCUT2D eigenvalue weighted by molar-refractivity contribution is 7.22. The molecule has 0 aliphatic carbocycles. The van der Waals surface area contributed by atoms with Gasteiger partial charge in [0.2, 0.25) is 0 Å². The zero-order valence-corrected chi connectivity index (χ0v) is 18.2. The van der Waals surface area contributed by atoms with Crippen molar-refractivity contribution < 1.29 is 14.2 Å². The maximum absolute atomic E-state index is 6.34. The van der Waals surface area contributed by atoms with Gasteiger partial charge in [-0.1, -0.05) is 23.5 Å². The van der Waals surface area contributed by atoms with Gasteiger partial charge in [-0.3, -0.25) is 0 Å². The monoisotopic (exact) mass is 425 g/mol. The number of ether oxygens (including phenoxy) is 3. The molecule has 3 heterocycles. The first-order valence-electron chi connectivity index (χ1n) is 10.5. The van der Waals surface area contributed by atoms with E-state index in [1.807, 2.05) is 25.2 Å². The van der Waals surface area contributed by atoms with E-state index in [2.05, 4.69) is 34.5 Å².